The lowest BCUT2D eigenvalue weighted by atomic mass is 9.97. The maximum absolute atomic E-state index is 3.45. The Labute approximate surface area is 102 Å². The van der Waals surface area contributed by atoms with Crippen LogP contribution in [0.25, 0.3) is 0 Å². The quantitative estimate of drug-likeness (QED) is 0.718. The van der Waals surface area contributed by atoms with E-state index in [1.165, 1.54) is 58.4 Å². The minimum atomic E-state index is 0.855. The van der Waals surface area contributed by atoms with Crippen LogP contribution in [0.1, 0.15) is 46.5 Å². The first-order valence-corrected chi connectivity index (χ1v) is 7.19. The Balaban J connectivity index is 2.30. The van der Waals surface area contributed by atoms with E-state index in [1.54, 1.807) is 0 Å². The van der Waals surface area contributed by atoms with E-state index >= 15 is 0 Å². The van der Waals surface area contributed by atoms with Crippen molar-refractivity contribution >= 4 is 0 Å². The molecule has 16 heavy (non-hydrogen) atoms. The molecule has 0 bridgehead atoms. The molecule has 0 aliphatic carbocycles. The molecule has 0 aromatic carbocycles. The van der Waals surface area contributed by atoms with Crippen LogP contribution in [0.5, 0.6) is 0 Å². The van der Waals surface area contributed by atoms with Gasteiger partial charge in [-0.15, -0.1) is 0 Å². The van der Waals surface area contributed by atoms with Crippen molar-refractivity contribution < 1.29 is 0 Å². The molecule has 0 amide bonds. The topological polar surface area (TPSA) is 15.3 Å². The zero-order chi connectivity index (χ0) is 11.8. The lowest BCUT2D eigenvalue weighted by molar-refractivity contribution is 0.182. The molecule has 1 unspecified atom stereocenters. The van der Waals surface area contributed by atoms with Gasteiger partial charge in [0.2, 0.25) is 0 Å². The van der Waals surface area contributed by atoms with Gasteiger partial charge < -0.3 is 10.2 Å². The van der Waals surface area contributed by atoms with Gasteiger partial charge in [0.15, 0.2) is 0 Å². The van der Waals surface area contributed by atoms with Crippen molar-refractivity contribution in [2.45, 2.75) is 46.5 Å². The molecule has 0 aromatic heterocycles. The van der Waals surface area contributed by atoms with Crippen molar-refractivity contribution in [1.29, 1.82) is 0 Å². The van der Waals surface area contributed by atoms with Crippen LogP contribution in [0.3, 0.4) is 0 Å². The molecule has 1 saturated heterocycles. The van der Waals surface area contributed by atoms with E-state index in [1.807, 2.05) is 0 Å². The molecule has 0 radical (unpaired) electrons. The van der Waals surface area contributed by atoms with Crippen LogP contribution in [-0.2, 0) is 0 Å². The number of nitrogens with zero attached hydrogens (tertiary/aromatic N) is 1. The molecule has 96 valence electrons. The predicted molar refractivity (Wildman–Crippen MR) is 71.8 cm³/mol. The average molecular weight is 226 g/mol. The Kier molecular flexibility index (Phi) is 7.06. The molecule has 1 N–H and O–H groups in total. The van der Waals surface area contributed by atoms with Gasteiger partial charge in [0, 0.05) is 13.1 Å². The average Bonchev–Trinajstić information content (AvgIpc) is 2.30. The third kappa shape index (κ3) is 5.31. The lowest BCUT2D eigenvalue weighted by Crippen LogP contribution is -2.38. The highest BCUT2D eigenvalue weighted by molar-refractivity contribution is 4.73. The molecule has 1 atom stereocenters. The lowest BCUT2D eigenvalue weighted by Gasteiger charge is -2.31. The number of hydrogen-bond donors (Lipinski definition) is 1. The molecular formula is C14H30N2. The first-order chi connectivity index (χ1) is 7.76. The van der Waals surface area contributed by atoms with E-state index in [9.17, 15) is 0 Å². The van der Waals surface area contributed by atoms with Gasteiger partial charge in [-0.05, 0) is 50.7 Å². The molecule has 0 spiro atoms. The van der Waals surface area contributed by atoms with Gasteiger partial charge in [-0.25, -0.2) is 0 Å². The molecule has 2 heteroatoms. The molecule has 1 rings (SSSR count). The Morgan fingerprint density at radius 3 is 2.50 bits per heavy atom. The van der Waals surface area contributed by atoms with E-state index in [2.05, 4.69) is 31.0 Å². The molecule has 0 aromatic rings. The van der Waals surface area contributed by atoms with Gasteiger partial charge in [-0.2, -0.15) is 0 Å². The zero-order valence-electron chi connectivity index (χ0n) is 11.5. The first-order valence-electron chi connectivity index (χ1n) is 7.19. The van der Waals surface area contributed by atoms with Crippen molar-refractivity contribution in [3.05, 3.63) is 0 Å². The zero-order valence-corrected chi connectivity index (χ0v) is 11.5. The van der Waals surface area contributed by atoms with Crippen LogP contribution in [0.2, 0.25) is 0 Å². The number of hydrogen-bond acceptors (Lipinski definition) is 2. The third-order valence-electron chi connectivity index (χ3n) is 3.78. The molecule has 0 saturated carbocycles. The van der Waals surface area contributed by atoms with Crippen LogP contribution in [-0.4, -0.2) is 37.6 Å². The summed E-state index contributed by atoms with van der Waals surface area (Å²) < 4.78 is 0. The second-order valence-electron chi connectivity index (χ2n) is 5.47. The maximum atomic E-state index is 3.45. The Morgan fingerprint density at radius 2 is 1.94 bits per heavy atom. The molecular weight excluding hydrogens is 196 g/mol. The van der Waals surface area contributed by atoms with Crippen LogP contribution in [0, 0.1) is 11.8 Å². The molecule has 1 heterocycles. The van der Waals surface area contributed by atoms with Crippen molar-refractivity contribution in [1.82, 2.24) is 10.2 Å². The van der Waals surface area contributed by atoms with Crippen LogP contribution < -0.4 is 5.32 Å². The monoisotopic (exact) mass is 226 g/mol. The van der Waals surface area contributed by atoms with Gasteiger partial charge in [0.1, 0.15) is 0 Å². The van der Waals surface area contributed by atoms with E-state index in [-0.39, 0.29) is 0 Å². The molecule has 2 nitrogen and oxygen atoms in total. The summed E-state index contributed by atoms with van der Waals surface area (Å²) in [6.07, 6.45) is 5.36. The van der Waals surface area contributed by atoms with Crippen molar-refractivity contribution in [2.75, 3.05) is 32.7 Å². The van der Waals surface area contributed by atoms with Gasteiger partial charge in [0.05, 0.1) is 0 Å². The van der Waals surface area contributed by atoms with E-state index in [0.29, 0.717) is 0 Å². The minimum absolute atomic E-state index is 0.855. The van der Waals surface area contributed by atoms with E-state index < -0.39 is 0 Å². The van der Waals surface area contributed by atoms with E-state index in [0.717, 1.165) is 11.8 Å². The highest BCUT2D eigenvalue weighted by atomic mass is 15.1. The summed E-state index contributed by atoms with van der Waals surface area (Å²) >= 11 is 0. The SMILES string of the molecule is CCCN(CC(C)CC)CC1CCNCC1. The van der Waals surface area contributed by atoms with Gasteiger partial charge >= 0.3 is 0 Å². The van der Waals surface area contributed by atoms with Gasteiger partial charge in [0.25, 0.3) is 0 Å². The van der Waals surface area contributed by atoms with Gasteiger partial charge in [-0.3, -0.25) is 0 Å². The smallest absolute Gasteiger partial charge is 0.00107 e. The summed E-state index contributed by atoms with van der Waals surface area (Å²) in [6.45, 7) is 13.4. The summed E-state index contributed by atoms with van der Waals surface area (Å²) in [5, 5.41) is 3.45. The van der Waals surface area contributed by atoms with Gasteiger partial charge in [-0.1, -0.05) is 27.2 Å². The summed E-state index contributed by atoms with van der Waals surface area (Å²) in [5.41, 5.74) is 0. The normalized spacial score (nSPS) is 20.2. The first kappa shape index (κ1) is 14.0. The fourth-order valence-electron chi connectivity index (χ4n) is 2.57. The van der Waals surface area contributed by atoms with Crippen molar-refractivity contribution in [2.24, 2.45) is 11.8 Å². The second-order valence-corrected chi connectivity index (χ2v) is 5.47. The van der Waals surface area contributed by atoms with E-state index in [4.69, 9.17) is 0 Å². The molecule has 1 fully saturated rings. The second kappa shape index (κ2) is 8.08. The predicted octanol–water partition coefficient (Wildman–Crippen LogP) is 2.74. The summed E-state index contributed by atoms with van der Waals surface area (Å²) in [7, 11) is 0. The number of nitrogens with one attached hydrogen (secondary N) is 1. The third-order valence-corrected chi connectivity index (χ3v) is 3.78. The Morgan fingerprint density at radius 1 is 1.25 bits per heavy atom. The maximum Gasteiger partial charge on any atom is 0.00107 e. The molecule has 1 aliphatic rings. The van der Waals surface area contributed by atoms with Crippen LogP contribution in [0.4, 0.5) is 0 Å². The van der Waals surface area contributed by atoms with Crippen LogP contribution in [0.15, 0.2) is 0 Å². The largest absolute Gasteiger partial charge is 0.317 e. The molecule has 1 aliphatic heterocycles. The highest BCUT2D eigenvalue weighted by Crippen LogP contribution is 2.15. The summed E-state index contributed by atoms with van der Waals surface area (Å²) in [6, 6.07) is 0. The fourth-order valence-corrected chi connectivity index (χ4v) is 2.57. The highest BCUT2D eigenvalue weighted by Gasteiger charge is 2.17. The summed E-state index contributed by atoms with van der Waals surface area (Å²) in [4.78, 5) is 2.70. The number of rotatable bonds is 7. The standard InChI is InChI=1S/C14H30N2/c1-4-10-16(11-13(3)5-2)12-14-6-8-15-9-7-14/h13-15H,4-12H2,1-3H3. The minimum Gasteiger partial charge on any atom is -0.317 e. The van der Waals surface area contributed by atoms with Crippen molar-refractivity contribution in [3.63, 3.8) is 0 Å². The van der Waals surface area contributed by atoms with Crippen molar-refractivity contribution in [3.8, 4) is 0 Å². The number of piperidine rings is 1. The Bertz CT molecular complexity index is 164. The summed E-state index contributed by atoms with van der Waals surface area (Å²) in [5.74, 6) is 1.80. The Hall–Kier alpha value is -0.0800. The van der Waals surface area contributed by atoms with Crippen LogP contribution >= 0.6 is 0 Å². The fraction of sp³-hybridized carbons (Fsp3) is 1.00.